The second-order valence-electron chi connectivity index (χ2n) is 4.00. The Morgan fingerprint density at radius 3 is 2.57 bits per heavy atom. The van der Waals surface area contributed by atoms with Crippen LogP contribution in [0.1, 0.15) is 5.56 Å². The Hall–Kier alpha value is -2.49. The molecule has 1 aromatic rings. The fourth-order valence-electron chi connectivity index (χ4n) is 1.37. The van der Waals surface area contributed by atoms with Crippen molar-refractivity contribution in [3.63, 3.8) is 0 Å². The molecule has 0 fully saturated rings. The predicted molar refractivity (Wildman–Crippen MR) is 89.7 cm³/mol. The zero-order valence-corrected chi connectivity index (χ0v) is 13.4. The lowest BCUT2D eigenvalue weighted by Gasteiger charge is -2.08. The first-order valence-electron chi connectivity index (χ1n) is 6.27. The lowest BCUT2D eigenvalue weighted by molar-refractivity contribution is -0.139. The largest absolute Gasteiger partial charge is 0.478 e. The molecule has 0 aromatic heterocycles. The third kappa shape index (κ3) is 6.02. The third-order valence-corrected chi connectivity index (χ3v) is 2.87. The van der Waals surface area contributed by atoms with Gasteiger partial charge in [0.1, 0.15) is 6.61 Å². The Balaban J connectivity index is 2.70. The molecular weight excluding hydrogens is 341 g/mol. The van der Waals surface area contributed by atoms with E-state index in [0.717, 1.165) is 0 Å². The normalized spacial score (nSPS) is 9.96. The molecule has 8 heteroatoms. The molecule has 23 heavy (non-hydrogen) atoms. The highest BCUT2D eigenvalue weighted by molar-refractivity contribution is 6.37. The van der Waals surface area contributed by atoms with Crippen molar-refractivity contribution in [2.45, 2.75) is 0 Å². The van der Waals surface area contributed by atoms with E-state index < -0.39 is 11.8 Å². The highest BCUT2D eigenvalue weighted by Gasteiger charge is 2.11. The van der Waals surface area contributed by atoms with Crippen LogP contribution in [0.3, 0.4) is 0 Å². The Morgan fingerprint density at radius 1 is 1.35 bits per heavy atom. The maximum atomic E-state index is 11.4. The van der Waals surface area contributed by atoms with Crippen molar-refractivity contribution >= 4 is 41.2 Å². The minimum absolute atomic E-state index is 0.0305. The summed E-state index contributed by atoms with van der Waals surface area (Å²) < 4.78 is 5.21. The molecule has 0 unspecified atom stereocenters. The van der Waals surface area contributed by atoms with Crippen LogP contribution in [-0.4, -0.2) is 31.2 Å². The summed E-state index contributed by atoms with van der Waals surface area (Å²) in [5.74, 6) is 0.829. The van der Waals surface area contributed by atoms with Crippen molar-refractivity contribution in [1.29, 1.82) is 0 Å². The van der Waals surface area contributed by atoms with Crippen molar-refractivity contribution in [1.82, 2.24) is 10.7 Å². The molecule has 0 saturated carbocycles. The highest BCUT2D eigenvalue weighted by atomic mass is 35.5. The van der Waals surface area contributed by atoms with Gasteiger partial charge in [0.15, 0.2) is 5.75 Å². The van der Waals surface area contributed by atoms with Gasteiger partial charge >= 0.3 is 11.8 Å². The summed E-state index contributed by atoms with van der Waals surface area (Å²) in [6.45, 7) is 3.63. The van der Waals surface area contributed by atoms with E-state index in [1.165, 1.54) is 24.4 Å². The molecule has 0 heterocycles. The molecule has 0 spiro atoms. The molecule has 120 valence electrons. The van der Waals surface area contributed by atoms with E-state index in [9.17, 15) is 9.59 Å². The predicted octanol–water partition coefficient (Wildman–Crippen LogP) is 1.76. The molecule has 1 aromatic carbocycles. The first-order chi connectivity index (χ1) is 11.0. The minimum Gasteiger partial charge on any atom is -0.478 e. The highest BCUT2D eigenvalue weighted by Crippen LogP contribution is 2.33. The van der Waals surface area contributed by atoms with Crippen LogP contribution in [-0.2, 0) is 9.59 Å². The lowest BCUT2D eigenvalue weighted by atomic mass is 10.2. The van der Waals surface area contributed by atoms with Crippen molar-refractivity contribution in [2.24, 2.45) is 5.10 Å². The number of carbonyl (C=O) groups excluding carboxylic acids is 2. The fraction of sp³-hybridized carbons (Fsp3) is 0.133. The smallest absolute Gasteiger partial charge is 0.329 e. The second kappa shape index (κ2) is 9.51. The molecule has 0 aliphatic rings. The van der Waals surface area contributed by atoms with Crippen LogP contribution in [0.2, 0.25) is 10.0 Å². The average molecular weight is 354 g/mol. The first-order valence-corrected chi connectivity index (χ1v) is 7.02. The van der Waals surface area contributed by atoms with Gasteiger partial charge < -0.3 is 10.1 Å². The molecule has 0 bridgehead atoms. The van der Waals surface area contributed by atoms with E-state index in [-0.39, 0.29) is 28.9 Å². The van der Waals surface area contributed by atoms with Gasteiger partial charge in [-0.2, -0.15) is 5.10 Å². The van der Waals surface area contributed by atoms with Gasteiger partial charge in [-0.05, 0) is 17.7 Å². The van der Waals surface area contributed by atoms with E-state index in [1.807, 2.05) is 0 Å². The maximum Gasteiger partial charge on any atom is 0.329 e. The molecule has 0 saturated heterocycles. The van der Waals surface area contributed by atoms with Gasteiger partial charge in [0, 0.05) is 6.54 Å². The van der Waals surface area contributed by atoms with Crippen LogP contribution in [0.5, 0.6) is 5.75 Å². The van der Waals surface area contributed by atoms with Crippen molar-refractivity contribution < 1.29 is 14.3 Å². The Morgan fingerprint density at radius 2 is 2.00 bits per heavy atom. The summed E-state index contributed by atoms with van der Waals surface area (Å²) in [6.07, 6.45) is 7.82. The third-order valence-electron chi connectivity index (χ3n) is 2.31. The molecule has 6 nitrogen and oxygen atoms in total. The number of nitrogens with zero attached hydrogens (tertiary/aromatic N) is 1. The van der Waals surface area contributed by atoms with Gasteiger partial charge in [-0.15, -0.1) is 13.0 Å². The number of nitrogens with one attached hydrogen (secondary N) is 2. The van der Waals surface area contributed by atoms with Crippen LogP contribution in [0.25, 0.3) is 0 Å². The number of benzene rings is 1. The van der Waals surface area contributed by atoms with E-state index in [2.05, 4.69) is 28.3 Å². The average Bonchev–Trinajstić information content (AvgIpc) is 2.51. The Bertz CT molecular complexity index is 658. The summed E-state index contributed by atoms with van der Waals surface area (Å²) in [7, 11) is 0. The molecule has 0 atom stereocenters. The van der Waals surface area contributed by atoms with Crippen LogP contribution in [0.15, 0.2) is 29.9 Å². The quantitative estimate of drug-likeness (QED) is 0.269. The van der Waals surface area contributed by atoms with Gasteiger partial charge in [-0.3, -0.25) is 9.59 Å². The zero-order valence-electron chi connectivity index (χ0n) is 11.9. The molecule has 2 amide bonds. The van der Waals surface area contributed by atoms with Crippen LogP contribution in [0.4, 0.5) is 0 Å². The number of ether oxygens (including phenoxy) is 1. The topological polar surface area (TPSA) is 79.8 Å². The van der Waals surface area contributed by atoms with Gasteiger partial charge in [0.05, 0.1) is 16.3 Å². The van der Waals surface area contributed by atoms with Crippen molar-refractivity contribution in [2.75, 3.05) is 13.2 Å². The van der Waals surface area contributed by atoms with Gasteiger partial charge in [0.2, 0.25) is 0 Å². The van der Waals surface area contributed by atoms with Crippen molar-refractivity contribution in [3.8, 4) is 18.1 Å². The summed E-state index contributed by atoms with van der Waals surface area (Å²) in [5.41, 5.74) is 2.57. The lowest BCUT2D eigenvalue weighted by Crippen LogP contribution is -2.37. The number of carbonyl (C=O) groups is 2. The molecule has 0 aliphatic heterocycles. The summed E-state index contributed by atoms with van der Waals surface area (Å²) >= 11 is 12.0. The fourth-order valence-corrected chi connectivity index (χ4v) is 1.98. The van der Waals surface area contributed by atoms with Gasteiger partial charge in [-0.1, -0.05) is 35.2 Å². The molecular formula is C15H13Cl2N3O3. The SMILES string of the molecule is C#CCOc1c(Cl)cc(/C=N\NC(=O)C(=O)NCC=C)cc1Cl. The number of terminal acetylenes is 1. The molecule has 0 aliphatic carbocycles. The summed E-state index contributed by atoms with van der Waals surface area (Å²) in [6, 6.07) is 3.04. The summed E-state index contributed by atoms with van der Waals surface area (Å²) in [5, 5.41) is 6.43. The monoisotopic (exact) mass is 353 g/mol. The number of hydrogen-bond acceptors (Lipinski definition) is 4. The number of hydrogen-bond donors (Lipinski definition) is 2. The van der Waals surface area contributed by atoms with Crippen LogP contribution in [0, 0.1) is 12.3 Å². The van der Waals surface area contributed by atoms with E-state index in [0.29, 0.717) is 5.56 Å². The van der Waals surface area contributed by atoms with E-state index >= 15 is 0 Å². The van der Waals surface area contributed by atoms with Gasteiger partial charge in [-0.25, -0.2) is 5.43 Å². The molecule has 1 rings (SSSR count). The standard InChI is InChI=1S/C15H13Cl2N3O3/c1-3-5-18-14(21)15(22)20-19-9-10-7-11(16)13(12(17)8-10)23-6-4-2/h2-3,7-9H,1,5-6H2,(H,18,21)(H,20,22)/b19-9-. The number of hydrazone groups is 1. The van der Waals surface area contributed by atoms with Crippen molar-refractivity contribution in [3.05, 3.63) is 40.4 Å². The molecule has 0 radical (unpaired) electrons. The number of rotatable bonds is 6. The molecule has 2 N–H and O–H groups in total. The number of halogens is 2. The van der Waals surface area contributed by atoms with Gasteiger partial charge in [0.25, 0.3) is 0 Å². The van der Waals surface area contributed by atoms with Crippen LogP contribution < -0.4 is 15.5 Å². The Kier molecular flexibility index (Phi) is 7.67. The second-order valence-corrected chi connectivity index (χ2v) is 4.82. The zero-order chi connectivity index (χ0) is 17.2. The summed E-state index contributed by atoms with van der Waals surface area (Å²) in [4.78, 5) is 22.7. The number of amides is 2. The van der Waals surface area contributed by atoms with E-state index in [4.69, 9.17) is 34.4 Å². The van der Waals surface area contributed by atoms with E-state index in [1.54, 1.807) is 0 Å². The maximum absolute atomic E-state index is 11.4. The minimum atomic E-state index is -0.908. The Labute approximate surface area is 143 Å². The van der Waals surface area contributed by atoms with Crippen LogP contribution >= 0.6 is 23.2 Å². The first kappa shape index (κ1) is 18.6.